The molecule has 0 aromatic carbocycles. The topological polar surface area (TPSA) is 42.9 Å². The highest BCUT2D eigenvalue weighted by Crippen LogP contribution is 2.05. The van der Waals surface area contributed by atoms with Gasteiger partial charge >= 0.3 is 0 Å². The van der Waals surface area contributed by atoms with Crippen LogP contribution in [0.4, 0.5) is 0 Å². The number of nitrogens with zero attached hydrogens (tertiary/aromatic N) is 2. The molecule has 0 atom stereocenters. The second kappa shape index (κ2) is 5.07. The van der Waals surface area contributed by atoms with Crippen LogP contribution in [-0.4, -0.2) is 15.8 Å². The molecule has 1 heterocycles. The van der Waals surface area contributed by atoms with Gasteiger partial charge in [0.25, 0.3) is 0 Å². The van der Waals surface area contributed by atoms with Gasteiger partial charge < -0.3 is 0 Å². The van der Waals surface area contributed by atoms with Gasteiger partial charge in [-0.25, -0.2) is 0 Å². The molecule has 0 unspecified atom stereocenters. The van der Waals surface area contributed by atoms with Crippen LogP contribution in [0, 0.1) is 0 Å². The Morgan fingerprint density at radius 3 is 2.71 bits per heavy atom. The summed E-state index contributed by atoms with van der Waals surface area (Å²) >= 11 is 0. The molecule has 1 rings (SSSR count). The third-order valence-corrected chi connectivity index (χ3v) is 1.74. The molecular formula is C11H12N2O. The van der Waals surface area contributed by atoms with Crippen LogP contribution in [-0.2, 0) is 11.2 Å². The average molecular weight is 188 g/mol. The summed E-state index contributed by atoms with van der Waals surface area (Å²) in [6, 6.07) is 0. The van der Waals surface area contributed by atoms with E-state index in [0.29, 0.717) is 24.2 Å². The first-order chi connectivity index (χ1) is 6.77. The van der Waals surface area contributed by atoms with E-state index in [2.05, 4.69) is 23.1 Å². The van der Waals surface area contributed by atoms with Crippen molar-refractivity contribution in [3.05, 3.63) is 43.0 Å². The number of aromatic nitrogens is 2. The van der Waals surface area contributed by atoms with E-state index in [-0.39, 0.29) is 5.78 Å². The van der Waals surface area contributed by atoms with Crippen molar-refractivity contribution in [3.63, 3.8) is 0 Å². The minimum Gasteiger partial charge on any atom is -0.299 e. The minimum absolute atomic E-state index is 0.0867. The lowest BCUT2D eigenvalue weighted by Crippen LogP contribution is -2.05. The second-order valence-electron chi connectivity index (χ2n) is 2.80. The molecule has 0 bridgehead atoms. The van der Waals surface area contributed by atoms with Crippen LogP contribution in [0.1, 0.15) is 17.8 Å². The predicted octanol–water partition coefficient (Wildman–Crippen LogP) is 1.81. The molecule has 0 fully saturated rings. The molecule has 0 spiro atoms. The van der Waals surface area contributed by atoms with Crippen molar-refractivity contribution in [2.45, 2.75) is 12.8 Å². The summed E-state index contributed by atoms with van der Waals surface area (Å²) in [5.74, 6) is 0.0867. The fourth-order valence-corrected chi connectivity index (χ4v) is 1.10. The lowest BCUT2D eigenvalue weighted by molar-refractivity contribution is -0.117. The van der Waals surface area contributed by atoms with E-state index in [1.54, 1.807) is 24.5 Å². The zero-order chi connectivity index (χ0) is 10.4. The van der Waals surface area contributed by atoms with Crippen molar-refractivity contribution < 1.29 is 4.79 Å². The number of allylic oxidation sites excluding steroid dienone is 1. The zero-order valence-electron chi connectivity index (χ0n) is 7.94. The fraction of sp³-hybridized carbons (Fsp3) is 0.182. The van der Waals surface area contributed by atoms with Crippen molar-refractivity contribution in [1.82, 2.24) is 9.97 Å². The van der Waals surface area contributed by atoms with Gasteiger partial charge in [-0.15, -0.1) is 6.58 Å². The molecule has 72 valence electrons. The van der Waals surface area contributed by atoms with Crippen LogP contribution in [0.5, 0.6) is 0 Å². The highest BCUT2D eigenvalue weighted by atomic mass is 16.1. The maximum Gasteiger partial charge on any atom is 0.142 e. The standard InChI is InChI=1S/C11H12N2O/c1-3-5-9(14)8-11-10(4-2)12-6-7-13-11/h3-4,6-7H,1-2,5,8H2. The van der Waals surface area contributed by atoms with E-state index in [1.807, 2.05) is 0 Å². The van der Waals surface area contributed by atoms with Gasteiger partial charge in [0, 0.05) is 18.8 Å². The molecule has 0 radical (unpaired) electrons. The van der Waals surface area contributed by atoms with E-state index in [4.69, 9.17) is 0 Å². The third kappa shape index (κ3) is 2.62. The highest BCUT2D eigenvalue weighted by molar-refractivity contribution is 5.82. The molecule has 0 saturated heterocycles. The normalized spacial score (nSPS) is 9.43. The van der Waals surface area contributed by atoms with Gasteiger partial charge in [-0.2, -0.15) is 0 Å². The van der Waals surface area contributed by atoms with Crippen LogP contribution in [0.2, 0.25) is 0 Å². The van der Waals surface area contributed by atoms with E-state index in [1.165, 1.54) is 0 Å². The maximum atomic E-state index is 11.3. The largest absolute Gasteiger partial charge is 0.299 e. The van der Waals surface area contributed by atoms with Crippen LogP contribution in [0.25, 0.3) is 6.08 Å². The summed E-state index contributed by atoms with van der Waals surface area (Å²) in [5, 5.41) is 0. The highest BCUT2D eigenvalue weighted by Gasteiger charge is 2.06. The quantitative estimate of drug-likeness (QED) is 0.662. The lowest BCUT2D eigenvalue weighted by atomic mass is 10.1. The molecule has 0 aliphatic rings. The van der Waals surface area contributed by atoms with Crippen molar-refractivity contribution in [2.75, 3.05) is 0 Å². The smallest absolute Gasteiger partial charge is 0.142 e. The monoisotopic (exact) mass is 188 g/mol. The first-order valence-electron chi connectivity index (χ1n) is 4.33. The van der Waals surface area contributed by atoms with Crippen molar-refractivity contribution in [2.24, 2.45) is 0 Å². The van der Waals surface area contributed by atoms with Gasteiger partial charge in [-0.05, 0) is 6.08 Å². The van der Waals surface area contributed by atoms with Gasteiger partial charge in [-0.3, -0.25) is 14.8 Å². The summed E-state index contributed by atoms with van der Waals surface area (Å²) in [6.07, 6.45) is 7.01. The van der Waals surface area contributed by atoms with Crippen LogP contribution in [0.15, 0.2) is 31.6 Å². The second-order valence-corrected chi connectivity index (χ2v) is 2.80. The van der Waals surface area contributed by atoms with Gasteiger partial charge in [0.1, 0.15) is 5.78 Å². The Morgan fingerprint density at radius 2 is 2.07 bits per heavy atom. The molecule has 0 amide bonds. The first kappa shape index (κ1) is 10.3. The average Bonchev–Trinajstić information content (AvgIpc) is 2.19. The van der Waals surface area contributed by atoms with Crippen molar-refractivity contribution >= 4 is 11.9 Å². The van der Waals surface area contributed by atoms with E-state index in [0.717, 1.165) is 0 Å². The molecule has 3 nitrogen and oxygen atoms in total. The Bertz CT molecular complexity index is 358. The van der Waals surface area contributed by atoms with Gasteiger partial charge in [-0.1, -0.05) is 12.7 Å². The van der Waals surface area contributed by atoms with Gasteiger partial charge in [0.05, 0.1) is 17.8 Å². The molecule has 14 heavy (non-hydrogen) atoms. The van der Waals surface area contributed by atoms with Gasteiger partial charge in [0.2, 0.25) is 0 Å². The van der Waals surface area contributed by atoms with Crippen LogP contribution >= 0.6 is 0 Å². The van der Waals surface area contributed by atoms with Crippen LogP contribution in [0.3, 0.4) is 0 Å². The number of carbonyl (C=O) groups is 1. The fourth-order valence-electron chi connectivity index (χ4n) is 1.10. The molecule has 3 heteroatoms. The van der Waals surface area contributed by atoms with E-state index in [9.17, 15) is 4.79 Å². The predicted molar refractivity (Wildman–Crippen MR) is 55.6 cm³/mol. The van der Waals surface area contributed by atoms with Crippen LogP contribution < -0.4 is 0 Å². The Labute approximate surface area is 83.2 Å². The number of ketones is 1. The summed E-state index contributed by atoms with van der Waals surface area (Å²) in [5.41, 5.74) is 1.35. The lowest BCUT2D eigenvalue weighted by Gasteiger charge is -2.01. The summed E-state index contributed by atoms with van der Waals surface area (Å²) in [4.78, 5) is 19.4. The van der Waals surface area contributed by atoms with Crippen molar-refractivity contribution in [3.8, 4) is 0 Å². The van der Waals surface area contributed by atoms with Gasteiger partial charge in [0.15, 0.2) is 0 Å². The molecular weight excluding hydrogens is 176 g/mol. The van der Waals surface area contributed by atoms with Crippen molar-refractivity contribution in [1.29, 1.82) is 0 Å². The molecule has 0 aliphatic carbocycles. The molecule has 0 N–H and O–H groups in total. The third-order valence-electron chi connectivity index (χ3n) is 1.74. The van der Waals surface area contributed by atoms with E-state index < -0.39 is 0 Å². The SMILES string of the molecule is C=CCC(=O)Cc1nccnc1C=C. The summed E-state index contributed by atoms with van der Waals surface area (Å²) in [7, 11) is 0. The zero-order valence-corrected chi connectivity index (χ0v) is 7.94. The molecule has 0 saturated carbocycles. The maximum absolute atomic E-state index is 11.3. The number of carbonyl (C=O) groups excluding carboxylic acids is 1. The Hall–Kier alpha value is -1.77. The number of hydrogen-bond acceptors (Lipinski definition) is 3. The number of rotatable bonds is 5. The minimum atomic E-state index is 0.0867. The number of hydrogen-bond donors (Lipinski definition) is 0. The molecule has 0 aliphatic heterocycles. The first-order valence-corrected chi connectivity index (χ1v) is 4.33. The summed E-state index contributed by atoms with van der Waals surface area (Å²) < 4.78 is 0. The Kier molecular flexibility index (Phi) is 3.73. The summed E-state index contributed by atoms with van der Waals surface area (Å²) in [6.45, 7) is 7.12. The van der Waals surface area contributed by atoms with E-state index >= 15 is 0 Å². The molecule has 1 aromatic heterocycles. The molecule has 1 aromatic rings. The Balaban J connectivity index is 2.79. The number of Topliss-reactive ketones (excluding diaryl/α,β-unsaturated/α-hetero) is 1. The Morgan fingerprint density at radius 1 is 1.36 bits per heavy atom.